The number of hydrogen-bond donors (Lipinski definition) is 1. The summed E-state index contributed by atoms with van der Waals surface area (Å²) in [6.07, 6.45) is 0. The lowest BCUT2D eigenvalue weighted by Crippen LogP contribution is -2.13. The summed E-state index contributed by atoms with van der Waals surface area (Å²) in [4.78, 5) is 11.4. The fraction of sp³-hybridized carbons (Fsp3) is 0.0625. The van der Waals surface area contributed by atoms with Crippen molar-refractivity contribution in [1.82, 2.24) is 10.2 Å². The number of aromatic nitrogens is 2. The molecule has 1 aromatic heterocycles. The number of hydrogen-bond acceptors (Lipinski definition) is 5. The maximum Gasteiger partial charge on any atom is 0.254 e. The van der Waals surface area contributed by atoms with Gasteiger partial charge in [0.05, 0.1) is 11.1 Å². The van der Waals surface area contributed by atoms with Gasteiger partial charge in [-0.1, -0.05) is 23.7 Å². The predicted octanol–water partition coefficient (Wildman–Crippen LogP) is 3.21. The number of benzene rings is 2. The lowest BCUT2D eigenvalue weighted by molar-refractivity contribution is 0.0995. The standard InChI is InChI=1S/C16H11ClFN3O3/c17-9-5-6-11(15(19)22)13(7-9)23-8-14-20-21-16(24-14)10-3-1-2-4-12(10)18/h1-7H,8H2,(H2,19,22). The average Bonchev–Trinajstić information content (AvgIpc) is 3.02. The second kappa shape index (κ2) is 6.67. The van der Waals surface area contributed by atoms with Crippen LogP contribution in [-0.2, 0) is 6.61 Å². The normalized spacial score (nSPS) is 10.6. The first kappa shape index (κ1) is 15.9. The molecule has 122 valence electrons. The SMILES string of the molecule is NC(=O)c1ccc(Cl)cc1OCc1nnc(-c2ccccc2F)o1. The van der Waals surface area contributed by atoms with Crippen molar-refractivity contribution in [3.05, 3.63) is 64.8 Å². The van der Waals surface area contributed by atoms with Gasteiger partial charge >= 0.3 is 0 Å². The van der Waals surface area contributed by atoms with Gasteiger partial charge in [-0.15, -0.1) is 10.2 Å². The van der Waals surface area contributed by atoms with Gasteiger partial charge < -0.3 is 14.9 Å². The van der Waals surface area contributed by atoms with E-state index >= 15 is 0 Å². The molecule has 8 heteroatoms. The molecule has 0 aliphatic carbocycles. The average molecular weight is 348 g/mol. The minimum absolute atomic E-state index is 0.0351. The largest absolute Gasteiger partial charge is 0.483 e. The summed E-state index contributed by atoms with van der Waals surface area (Å²) in [5.41, 5.74) is 5.64. The zero-order valence-corrected chi connectivity index (χ0v) is 13.0. The molecular weight excluding hydrogens is 337 g/mol. The van der Waals surface area contributed by atoms with Gasteiger partial charge in [-0.2, -0.15) is 0 Å². The minimum atomic E-state index is -0.653. The number of primary amides is 1. The number of ether oxygens (including phenoxy) is 1. The molecule has 6 nitrogen and oxygen atoms in total. The highest BCUT2D eigenvalue weighted by molar-refractivity contribution is 6.30. The van der Waals surface area contributed by atoms with E-state index in [9.17, 15) is 9.18 Å². The molecule has 0 saturated carbocycles. The van der Waals surface area contributed by atoms with E-state index < -0.39 is 11.7 Å². The van der Waals surface area contributed by atoms with Crippen molar-refractivity contribution < 1.29 is 18.3 Å². The van der Waals surface area contributed by atoms with Gasteiger partial charge in [-0.05, 0) is 30.3 Å². The van der Waals surface area contributed by atoms with Crippen LogP contribution in [0.25, 0.3) is 11.5 Å². The molecule has 0 fully saturated rings. The van der Waals surface area contributed by atoms with E-state index in [1.807, 2.05) is 0 Å². The number of carbonyl (C=O) groups is 1. The summed E-state index contributed by atoms with van der Waals surface area (Å²) in [5, 5.41) is 7.95. The first-order valence-corrected chi connectivity index (χ1v) is 7.22. The lowest BCUT2D eigenvalue weighted by atomic mass is 10.2. The molecule has 24 heavy (non-hydrogen) atoms. The van der Waals surface area contributed by atoms with Crippen LogP contribution in [0.1, 0.15) is 16.2 Å². The van der Waals surface area contributed by atoms with Gasteiger partial charge in [0.25, 0.3) is 17.7 Å². The Balaban J connectivity index is 1.78. The van der Waals surface area contributed by atoms with Crippen molar-refractivity contribution in [1.29, 1.82) is 0 Å². The number of nitrogens with zero attached hydrogens (tertiary/aromatic N) is 2. The molecular formula is C16H11ClFN3O3. The molecule has 3 rings (SSSR count). The van der Waals surface area contributed by atoms with Crippen LogP contribution in [0.4, 0.5) is 4.39 Å². The van der Waals surface area contributed by atoms with Crippen LogP contribution in [0.5, 0.6) is 5.75 Å². The monoisotopic (exact) mass is 347 g/mol. The van der Waals surface area contributed by atoms with E-state index in [4.69, 9.17) is 26.5 Å². The van der Waals surface area contributed by atoms with Gasteiger partial charge in [-0.25, -0.2) is 4.39 Å². The van der Waals surface area contributed by atoms with Crippen LogP contribution in [0.3, 0.4) is 0 Å². The number of amides is 1. The minimum Gasteiger partial charge on any atom is -0.483 e. The Kier molecular flexibility index (Phi) is 4.43. The van der Waals surface area contributed by atoms with E-state index in [2.05, 4.69) is 10.2 Å². The molecule has 1 heterocycles. The van der Waals surface area contributed by atoms with Crippen LogP contribution < -0.4 is 10.5 Å². The molecule has 3 aromatic rings. The Hall–Kier alpha value is -2.93. The van der Waals surface area contributed by atoms with Crippen LogP contribution in [-0.4, -0.2) is 16.1 Å². The molecule has 0 aliphatic rings. The second-order valence-electron chi connectivity index (χ2n) is 4.77. The van der Waals surface area contributed by atoms with E-state index in [0.717, 1.165) is 0 Å². The van der Waals surface area contributed by atoms with E-state index in [1.165, 1.54) is 30.3 Å². The Morgan fingerprint density at radius 3 is 2.79 bits per heavy atom. The van der Waals surface area contributed by atoms with Crippen molar-refractivity contribution in [2.45, 2.75) is 6.61 Å². The van der Waals surface area contributed by atoms with E-state index in [-0.39, 0.29) is 35.3 Å². The first-order chi connectivity index (χ1) is 11.5. The van der Waals surface area contributed by atoms with Crippen LogP contribution in [0, 0.1) is 5.82 Å². The zero-order chi connectivity index (χ0) is 17.1. The maximum absolute atomic E-state index is 13.7. The number of nitrogens with two attached hydrogens (primary N) is 1. The van der Waals surface area contributed by atoms with E-state index in [0.29, 0.717) is 5.02 Å². The summed E-state index contributed by atoms with van der Waals surface area (Å²) < 4.78 is 24.5. The van der Waals surface area contributed by atoms with Gasteiger partial charge in [0.15, 0.2) is 6.61 Å². The summed E-state index contributed by atoms with van der Waals surface area (Å²) in [6.45, 7) is -0.123. The summed E-state index contributed by atoms with van der Waals surface area (Å²) in [5.74, 6) is -0.782. The van der Waals surface area contributed by atoms with Crippen molar-refractivity contribution in [3.8, 4) is 17.2 Å². The highest BCUT2D eigenvalue weighted by atomic mass is 35.5. The molecule has 0 saturated heterocycles. The fourth-order valence-corrected chi connectivity index (χ4v) is 2.18. The quantitative estimate of drug-likeness (QED) is 0.765. The third-order valence-electron chi connectivity index (χ3n) is 3.13. The molecule has 1 amide bonds. The number of halogens is 2. The molecule has 2 aromatic carbocycles. The van der Waals surface area contributed by atoms with E-state index in [1.54, 1.807) is 12.1 Å². The maximum atomic E-state index is 13.7. The summed E-state index contributed by atoms with van der Waals surface area (Å²) in [7, 11) is 0. The van der Waals surface area contributed by atoms with Crippen LogP contribution in [0.15, 0.2) is 46.9 Å². The van der Waals surface area contributed by atoms with Gasteiger partial charge in [-0.3, -0.25) is 4.79 Å². The summed E-state index contributed by atoms with van der Waals surface area (Å²) >= 11 is 5.88. The van der Waals surface area contributed by atoms with Crippen molar-refractivity contribution in [3.63, 3.8) is 0 Å². The van der Waals surface area contributed by atoms with Crippen LogP contribution >= 0.6 is 11.6 Å². The third-order valence-corrected chi connectivity index (χ3v) is 3.37. The van der Waals surface area contributed by atoms with Crippen molar-refractivity contribution in [2.24, 2.45) is 5.73 Å². The molecule has 0 atom stereocenters. The predicted molar refractivity (Wildman–Crippen MR) is 84.0 cm³/mol. The first-order valence-electron chi connectivity index (χ1n) is 6.84. The number of carbonyl (C=O) groups excluding carboxylic acids is 1. The molecule has 0 bridgehead atoms. The topological polar surface area (TPSA) is 91.2 Å². The smallest absolute Gasteiger partial charge is 0.254 e. The molecule has 0 unspecified atom stereocenters. The van der Waals surface area contributed by atoms with Gasteiger partial charge in [0.2, 0.25) is 0 Å². The molecule has 0 aliphatic heterocycles. The van der Waals surface area contributed by atoms with Gasteiger partial charge in [0, 0.05) is 5.02 Å². The Morgan fingerprint density at radius 2 is 2.04 bits per heavy atom. The zero-order valence-electron chi connectivity index (χ0n) is 12.2. The fourth-order valence-electron chi connectivity index (χ4n) is 2.01. The highest BCUT2D eigenvalue weighted by Gasteiger charge is 2.15. The Labute approximate surface area is 141 Å². The third kappa shape index (κ3) is 3.36. The van der Waals surface area contributed by atoms with Crippen molar-refractivity contribution in [2.75, 3.05) is 0 Å². The lowest BCUT2D eigenvalue weighted by Gasteiger charge is -2.08. The summed E-state index contributed by atoms with van der Waals surface area (Å²) in [6, 6.07) is 10.5. The second-order valence-corrected chi connectivity index (χ2v) is 5.21. The number of rotatable bonds is 5. The Bertz CT molecular complexity index is 898. The molecule has 0 radical (unpaired) electrons. The van der Waals surface area contributed by atoms with Gasteiger partial charge in [0.1, 0.15) is 11.6 Å². The highest BCUT2D eigenvalue weighted by Crippen LogP contribution is 2.25. The Morgan fingerprint density at radius 1 is 1.25 bits per heavy atom. The van der Waals surface area contributed by atoms with Crippen molar-refractivity contribution >= 4 is 17.5 Å². The molecule has 0 spiro atoms. The molecule has 2 N–H and O–H groups in total. The van der Waals surface area contributed by atoms with Crippen LogP contribution in [0.2, 0.25) is 5.02 Å².